The minimum Gasteiger partial charge on any atom is -0.472 e. The Balaban J connectivity index is 1.79. The van der Waals surface area contributed by atoms with E-state index in [1.54, 1.807) is 40.2 Å². The predicted molar refractivity (Wildman–Crippen MR) is 162 cm³/mol. The zero-order chi connectivity index (χ0) is 34.1. The molecule has 2 heterocycles. The van der Waals surface area contributed by atoms with E-state index in [0.29, 0.717) is 12.0 Å². The minimum absolute atomic E-state index is 0.139. The van der Waals surface area contributed by atoms with E-state index in [-0.39, 0.29) is 30.6 Å². The molecule has 10 atom stereocenters. The van der Waals surface area contributed by atoms with E-state index in [0.717, 1.165) is 5.56 Å². The fourth-order valence-electron chi connectivity index (χ4n) is 9.40. The fraction of sp³-hybridized carbons (Fsp3) is 0.686. The predicted octanol–water partition coefficient (Wildman–Crippen LogP) is 4.71. The smallest absolute Gasteiger partial charge is 0.308 e. The number of ketones is 1. The zero-order valence-electron chi connectivity index (χ0n) is 28.2. The zero-order valence-corrected chi connectivity index (χ0v) is 28.2. The van der Waals surface area contributed by atoms with E-state index in [4.69, 9.17) is 28.1 Å². The largest absolute Gasteiger partial charge is 0.472 e. The normalized spacial score (nSPS) is 39.2. The summed E-state index contributed by atoms with van der Waals surface area (Å²) in [6.45, 7) is 17.9. The van der Waals surface area contributed by atoms with Gasteiger partial charge in [-0.2, -0.15) is 0 Å². The lowest BCUT2D eigenvalue weighted by Crippen LogP contribution is -2.70. The Morgan fingerprint density at radius 3 is 2.24 bits per heavy atom. The summed E-state index contributed by atoms with van der Waals surface area (Å²) >= 11 is 0. The van der Waals surface area contributed by atoms with Crippen LogP contribution in [0.3, 0.4) is 0 Å². The van der Waals surface area contributed by atoms with Gasteiger partial charge in [0.1, 0.15) is 29.7 Å². The second-order valence-corrected chi connectivity index (χ2v) is 14.7. The molecule has 1 spiro atoms. The van der Waals surface area contributed by atoms with Crippen LogP contribution in [0.5, 0.6) is 0 Å². The Hall–Kier alpha value is -3.47. The number of epoxide rings is 1. The van der Waals surface area contributed by atoms with Gasteiger partial charge in [0.15, 0.2) is 0 Å². The molecule has 3 aliphatic carbocycles. The highest BCUT2D eigenvalue weighted by molar-refractivity contribution is 5.87. The molecule has 4 aliphatic rings. The molecule has 252 valence electrons. The molecule has 1 saturated heterocycles. The fourth-order valence-corrected chi connectivity index (χ4v) is 9.40. The maximum atomic E-state index is 13.7. The van der Waals surface area contributed by atoms with Crippen LogP contribution in [0.1, 0.15) is 86.1 Å². The maximum absolute atomic E-state index is 13.7. The SMILES string of the molecule is C=C1[C@@H]([C@@]2(C)[C@H](OC(C)=O)CC(=O)C(C)(C)[C@@H]2CC(=O)OC)[C@@H](OC(C)=O)[C@H](OC(=O)C(C)C)[C@@]2(C)[C@H](c3ccoc3)C[C@H]3O[C@]132. The molecule has 46 heavy (non-hydrogen) atoms. The number of rotatable bonds is 8. The van der Waals surface area contributed by atoms with E-state index in [1.807, 2.05) is 19.9 Å². The van der Waals surface area contributed by atoms with Gasteiger partial charge >= 0.3 is 23.9 Å². The van der Waals surface area contributed by atoms with Crippen LogP contribution in [0.15, 0.2) is 35.2 Å². The summed E-state index contributed by atoms with van der Waals surface area (Å²) in [6.07, 6.45) is -0.0723. The quantitative estimate of drug-likeness (QED) is 0.168. The van der Waals surface area contributed by atoms with Crippen molar-refractivity contribution in [1.29, 1.82) is 0 Å². The van der Waals surface area contributed by atoms with Crippen LogP contribution >= 0.6 is 0 Å². The first-order valence-electron chi connectivity index (χ1n) is 15.9. The number of carbonyl (C=O) groups is 5. The standard InChI is InChI=1S/C35H46O11/c1-17(2)31(40)45-30-29(44-20(5)37)28(18(3)35-26(46-35)13-22(34(30,35)9)21-11-12-42-16-21)33(8)23(14-27(39)41-10)32(6,7)24(38)15-25(33)43-19(4)36/h11-12,16-17,22-23,25-26,28-30H,3,13-15H2,1-2,4-10H3/t22-,23-,25+,26+,28+,29+,30-,33+,34+,35+/m0/s1. The van der Waals surface area contributed by atoms with E-state index in [2.05, 4.69) is 6.58 Å². The molecule has 3 saturated carbocycles. The Labute approximate surface area is 269 Å². The minimum atomic E-state index is -1.25. The van der Waals surface area contributed by atoms with Gasteiger partial charge in [0, 0.05) is 49.4 Å². The van der Waals surface area contributed by atoms with Gasteiger partial charge in [0.05, 0.1) is 37.1 Å². The van der Waals surface area contributed by atoms with Crippen molar-refractivity contribution < 1.29 is 52.1 Å². The lowest BCUT2D eigenvalue weighted by Gasteiger charge is -2.62. The molecule has 0 unspecified atom stereocenters. The van der Waals surface area contributed by atoms with Crippen LogP contribution in [-0.4, -0.2) is 66.8 Å². The van der Waals surface area contributed by atoms with Crippen LogP contribution in [0.4, 0.5) is 0 Å². The highest BCUT2D eigenvalue weighted by Gasteiger charge is 2.85. The van der Waals surface area contributed by atoms with Crippen molar-refractivity contribution in [2.24, 2.45) is 34.0 Å². The van der Waals surface area contributed by atoms with Crippen molar-refractivity contribution in [3.63, 3.8) is 0 Å². The number of methoxy groups -OCH3 is 1. The lowest BCUT2D eigenvalue weighted by atomic mass is 9.44. The first-order valence-corrected chi connectivity index (χ1v) is 15.9. The Kier molecular flexibility index (Phi) is 8.36. The second kappa shape index (κ2) is 11.3. The van der Waals surface area contributed by atoms with Gasteiger partial charge in [-0.05, 0) is 29.5 Å². The molecule has 11 nitrogen and oxygen atoms in total. The molecule has 4 fully saturated rings. The summed E-state index contributed by atoms with van der Waals surface area (Å²) in [7, 11) is 1.27. The Bertz CT molecular complexity index is 1440. The number of Topliss-reactive ketones (excluding diaryl/α,β-unsaturated/α-hetero) is 1. The average molecular weight is 643 g/mol. The lowest BCUT2D eigenvalue weighted by molar-refractivity contribution is -0.228. The third-order valence-electron chi connectivity index (χ3n) is 11.7. The topological polar surface area (TPSA) is 148 Å². The van der Waals surface area contributed by atoms with Gasteiger partial charge in [-0.15, -0.1) is 0 Å². The number of hydrogen-bond donors (Lipinski definition) is 0. The summed E-state index contributed by atoms with van der Waals surface area (Å²) < 4.78 is 35.7. The second-order valence-electron chi connectivity index (χ2n) is 14.7. The summed E-state index contributed by atoms with van der Waals surface area (Å²) in [5.74, 6) is -4.86. The molecule has 1 aromatic heterocycles. The number of hydrogen-bond acceptors (Lipinski definition) is 11. The third kappa shape index (κ3) is 4.75. The van der Waals surface area contributed by atoms with Crippen molar-refractivity contribution >= 4 is 29.7 Å². The number of esters is 4. The molecule has 0 aromatic carbocycles. The highest BCUT2D eigenvalue weighted by atomic mass is 16.6. The van der Waals surface area contributed by atoms with Crippen LogP contribution in [-0.2, 0) is 47.7 Å². The van der Waals surface area contributed by atoms with Gasteiger partial charge in [-0.1, -0.05) is 48.1 Å². The molecule has 5 rings (SSSR count). The molecule has 1 aromatic rings. The summed E-state index contributed by atoms with van der Waals surface area (Å²) in [6, 6.07) is 1.87. The van der Waals surface area contributed by atoms with E-state index in [1.165, 1.54) is 21.0 Å². The van der Waals surface area contributed by atoms with E-state index in [9.17, 15) is 24.0 Å². The first kappa shape index (κ1) is 33.9. The van der Waals surface area contributed by atoms with Crippen molar-refractivity contribution in [3.8, 4) is 0 Å². The molecule has 0 amide bonds. The molecule has 1 aliphatic heterocycles. The summed E-state index contributed by atoms with van der Waals surface area (Å²) in [5, 5.41) is 0. The van der Waals surface area contributed by atoms with Crippen LogP contribution in [0.25, 0.3) is 0 Å². The molecule has 0 N–H and O–H groups in total. The van der Waals surface area contributed by atoms with Crippen LogP contribution in [0, 0.1) is 34.0 Å². The molecule has 0 bridgehead atoms. The Morgan fingerprint density at radius 1 is 1.04 bits per heavy atom. The molecule has 0 radical (unpaired) electrons. The molecular weight excluding hydrogens is 596 g/mol. The highest BCUT2D eigenvalue weighted by Crippen LogP contribution is 2.77. The van der Waals surface area contributed by atoms with Crippen molar-refractivity contribution in [3.05, 3.63) is 36.3 Å². The van der Waals surface area contributed by atoms with Crippen molar-refractivity contribution in [2.75, 3.05) is 7.11 Å². The molecular formula is C35H46O11. The number of carbonyl (C=O) groups excluding carboxylic acids is 5. The average Bonchev–Trinajstić information content (AvgIpc) is 3.31. The van der Waals surface area contributed by atoms with Gasteiger partial charge in [-0.3, -0.25) is 24.0 Å². The van der Waals surface area contributed by atoms with E-state index < -0.39 is 81.8 Å². The summed E-state index contributed by atoms with van der Waals surface area (Å²) in [4.78, 5) is 65.9. The maximum Gasteiger partial charge on any atom is 0.308 e. The van der Waals surface area contributed by atoms with Crippen LogP contribution in [0.2, 0.25) is 0 Å². The van der Waals surface area contributed by atoms with Crippen molar-refractivity contribution in [2.45, 2.75) is 111 Å². The van der Waals surface area contributed by atoms with Gasteiger partial charge in [-0.25, -0.2) is 0 Å². The monoisotopic (exact) mass is 642 g/mol. The third-order valence-corrected chi connectivity index (χ3v) is 11.7. The number of furan rings is 1. The Morgan fingerprint density at radius 2 is 1.70 bits per heavy atom. The number of ether oxygens (including phenoxy) is 5. The van der Waals surface area contributed by atoms with Gasteiger partial charge < -0.3 is 28.1 Å². The first-order chi connectivity index (χ1) is 21.4. The van der Waals surface area contributed by atoms with Gasteiger partial charge in [0.2, 0.25) is 0 Å². The van der Waals surface area contributed by atoms with Gasteiger partial charge in [0.25, 0.3) is 0 Å². The van der Waals surface area contributed by atoms with E-state index >= 15 is 0 Å². The van der Waals surface area contributed by atoms with Crippen LogP contribution < -0.4 is 0 Å². The summed E-state index contributed by atoms with van der Waals surface area (Å²) in [5.41, 5.74) is -2.88. The van der Waals surface area contributed by atoms with Crippen molar-refractivity contribution in [1.82, 2.24) is 0 Å². The molecule has 11 heteroatoms.